The number of nitrogens with one attached hydrogen (secondary N) is 1. The number of halogens is 1. The van der Waals surface area contributed by atoms with Crippen molar-refractivity contribution in [3.8, 4) is 17.2 Å². The van der Waals surface area contributed by atoms with Crippen LogP contribution in [0.1, 0.15) is 13.8 Å². The van der Waals surface area contributed by atoms with E-state index in [4.69, 9.17) is 20.8 Å². The molecular formula is C11H11ClN2O3. The van der Waals surface area contributed by atoms with E-state index >= 15 is 0 Å². The maximum absolute atomic E-state index is 10.8. The van der Waals surface area contributed by atoms with Crippen molar-refractivity contribution in [2.45, 2.75) is 20.0 Å². The Hall–Kier alpha value is -1.75. The zero-order valence-electron chi connectivity index (χ0n) is 9.36. The Kier molecular flexibility index (Phi) is 3.19. The van der Waals surface area contributed by atoms with Crippen molar-refractivity contribution in [2.75, 3.05) is 0 Å². The Morgan fingerprint density at radius 3 is 2.76 bits per heavy atom. The van der Waals surface area contributed by atoms with Crippen LogP contribution in [0.3, 0.4) is 0 Å². The molecule has 2 aromatic rings. The Morgan fingerprint density at radius 2 is 2.24 bits per heavy atom. The van der Waals surface area contributed by atoms with Gasteiger partial charge in [0, 0.05) is 5.56 Å². The highest BCUT2D eigenvalue weighted by molar-refractivity contribution is 6.32. The molecule has 0 unspecified atom stereocenters. The fraction of sp³-hybridized carbons (Fsp3) is 0.273. The minimum atomic E-state index is -0.598. The largest absolute Gasteiger partial charge is 0.489 e. The third-order valence-corrected chi connectivity index (χ3v) is 2.27. The molecule has 1 heterocycles. The first-order valence-electron chi connectivity index (χ1n) is 5.08. The highest BCUT2D eigenvalue weighted by atomic mass is 35.5. The van der Waals surface area contributed by atoms with Crippen LogP contribution in [0, 0.1) is 0 Å². The first-order valence-corrected chi connectivity index (χ1v) is 5.46. The van der Waals surface area contributed by atoms with E-state index < -0.39 is 5.76 Å². The lowest BCUT2D eigenvalue weighted by Crippen LogP contribution is -2.05. The lowest BCUT2D eigenvalue weighted by molar-refractivity contribution is 0.242. The lowest BCUT2D eigenvalue weighted by atomic mass is 10.2. The van der Waals surface area contributed by atoms with Crippen molar-refractivity contribution in [1.82, 2.24) is 10.2 Å². The second kappa shape index (κ2) is 4.63. The van der Waals surface area contributed by atoms with E-state index in [0.29, 0.717) is 16.3 Å². The van der Waals surface area contributed by atoms with E-state index in [0.717, 1.165) is 0 Å². The molecule has 0 spiro atoms. The number of H-pyrrole nitrogens is 1. The third-order valence-electron chi connectivity index (χ3n) is 1.98. The van der Waals surface area contributed by atoms with Gasteiger partial charge in [-0.15, -0.1) is 5.10 Å². The van der Waals surface area contributed by atoms with Crippen LogP contribution in [0.15, 0.2) is 27.4 Å². The van der Waals surface area contributed by atoms with Crippen molar-refractivity contribution >= 4 is 11.6 Å². The second-order valence-corrected chi connectivity index (χ2v) is 4.14. The van der Waals surface area contributed by atoms with Gasteiger partial charge in [-0.25, -0.2) is 9.89 Å². The Morgan fingerprint density at radius 1 is 1.47 bits per heavy atom. The number of benzene rings is 1. The zero-order chi connectivity index (χ0) is 12.4. The molecule has 1 aromatic heterocycles. The standard InChI is InChI=1S/C11H11ClN2O3/c1-6(2)16-9-4-3-7(5-8(9)12)10-13-14-11(15)17-10/h3-6H,1-2H3,(H,14,15). The normalized spacial score (nSPS) is 10.8. The maximum atomic E-state index is 10.8. The summed E-state index contributed by atoms with van der Waals surface area (Å²) in [5.41, 5.74) is 0.615. The molecular weight excluding hydrogens is 244 g/mol. The highest BCUT2D eigenvalue weighted by Gasteiger charge is 2.09. The van der Waals surface area contributed by atoms with Gasteiger partial charge in [0.15, 0.2) is 0 Å². The smallest absolute Gasteiger partial charge is 0.434 e. The molecule has 0 fully saturated rings. The molecule has 0 aliphatic heterocycles. The monoisotopic (exact) mass is 254 g/mol. The topological polar surface area (TPSA) is 68.1 Å². The number of ether oxygens (including phenoxy) is 1. The average Bonchev–Trinajstić information content (AvgIpc) is 2.67. The summed E-state index contributed by atoms with van der Waals surface area (Å²) in [5.74, 6) is 0.190. The number of rotatable bonds is 3. The third kappa shape index (κ3) is 2.68. The lowest BCUT2D eigenvalue weighted by Gasteiger charge is -2.11. The van der Waals surface area contributed by atoms with Crippen LogP contribution in [-0.2, 0) is 0 Å². The van der Waals surface area contributed by atoms with Crippen LogP contribution < -0.4 is 10.5 Å². The van der Waals surface area contributed by atoms with Gasteiger partial charge in [-0.1, -0.05) is 11.6 Å². The molecule has 0 atom stereocenters. The molecule has 0 radical (unpaired) electrons. The first-order chi connectivity index (χ1) is 8.06. The van der Waals surface area contributed by atoms with Crippen molar-refractivity contribution in [2.24, 2.45) is 0 Å². The van der Waals surface area contributed by atoms with Crippen molar-refractivity contribution in [3.05, 3.63) is 33.8 Å². The van der Waals surface area contributed by atoms with Gasteiger partial charge in [-0.3, -0.25) is 0 Å². The van der Waals surface area contributed by atoms with Crippen molar-refractivity contribution in [1.29, 1.82) is 0 Å². The van der Waals surface area contributed by atoms with Gasteiger partial charge in [-0.2, -0.15) is 0 Å². The number of aromatic amines is 1. The average molecular weight is 255 g/mol. The van der Waals surface area contributed by atoms with Crippen LogP contribution >= 0.6 is 11.6 Å². The molecule has 0 aliphatic rings. The van der Waals surface area contributed by atoms with E-state index in [2.05, 4.69) is 10.2 Å². The van der Waals surface area contributed by atoms with Crippen molar-refractivity contribution < 1.29 is 9.15 Å². The van der Waals surface area contributed by atoms with Crippen molar-refractivity contribution in [3.63, 3.8) is 0 Å². The fourth-order valence-electron chi connectivity index (χ4n) is 1.34. The van der Waals surface area contributed by atoms with Gasteiger partial charge in [0.05, 0.1) is 11.1 Å². The minimum Gasteiger partial charge on any atom is -0.489 e. The van der Waals surface area contributed by atoms with E-state index in [9.17, 15) is 4.79 Å². The summed E-state index contributed by atoms with van der Waals surface area (Å²) in [6.45, 7) is 3.83. The maximum Gasteiger partial charge on any atom is 0.434 e. The predicted molar refractivity (Wildman–Crippen MR) is 63.3 cm³/mol. The van der Waals surface area contributed by atoms with Gasteiger partial charge < -0.3 is 9.15 Å². The minimum absolute atomic E-state index is 0.0432. The molecule has 90 valence electrons. The Balaban J connectivity index is 2.33. The van der Waals surface area contributed by atoms with Crippen LogP contribution in [0.2, 0.25) is 5.02 Å². The van der Waals surface area contributed by atoms with Gasteiger partial charge in [0.25, 0.3) is 0 Å². The van der Waals surface area contributed by atoms with Gasteiger partial charge in [-0.05, 0) is 32.0 Å². The summed E-state index contributed by atoms with van der Waals surface area (Å²) in [7, 11) is 0. The van der Waals surface area contributed by atoms with Crippen LogP contribution in [0.25, 0.3) is 11.5 Å². The molecule has 2 rings (SSSR count). The number of aromatic nitrogens is 2. The first kappa shape index (κ1) is 11.7. The number of hydrogen-bond acceptors (Lipinski definition) is 4. The molecule has 0 bridgehead atoms. The molecule has 17 heavy (non-hydrogen) atoms. The van der Waals surface area contributed by atoms with Crippen LogP contribution in [-0.4, -0.2) is 16.3 Å². The van der Waals surface area contributed by atoms with Gasteiger partial charge in [0.1, 0.15) is 5.75 Å². The molecule has 0 saturated heterocycles. The summed E-state index contributed by atoms with van der Waals surface area (Å²) in [6, 6.07) is 5.08. The summed E-state index contributed by atoms with van der Waals surface area (Å²) >= 11 is 6.05. The van der Waals surface area contributed by atoms with E-state index in [-0.39, 0.29) is 12.0 Å². The summed E-state index contributed by atoms with van der Waals surface area (Å²) in [4.78, 5) is 10.8. The molecule has 6 heteroatoms. The van der Waals surface area contributed by atoms with Crippen LogP contribution in [0.4, 0.5) is 0 Å². The molecule has 0 aliphatic carbocycles. The van der Waals surface area contributed by atoms with E-state index in [1.807, 2.05) is 13.8 Å². The molecule has 5 nitrogen and oxygen atoms in total. The molecule has 0 amide bonds. The second-order valence-electron chi connectivity index (χ2n) is 3.73. The van der Waals surface area contributed by atoms with Crippen LogP contribution in [0.5, 0.6) is 5.75 Å². The summed E-state index contributed by atoms with van der Waals surface area (Å²) in [6.07, 6.45) is 0.0432. The number of nitrogens with zero attached hydrogens (tertiary/aromatic N) is 1. The van der Waals surface area contributed by atoms with Gasteiger partial charge >= 0.3 is 5.76 Å². The van der Waals surface area contributed by atoms with Gasteiger partial charge in [0.2, 0.25) is 5.89 Å². The summed E-state index contributed by atoms with van der Waals surface area (Å²) in [5, 5.41) is 6.35. The predicted octanol–water partition coefficient (Wildman–Crippen LogP) is 2.47. The molecule has 1 aromatic carbocycles. The zero-order valence-corrected chi connectivity index (χ0v) is 10.1. The quantitative estimate of drug-likeness (QED) is 0.914. The Labute approximate surface area is 102 Å². The molecule has 0 saturated carbocycles. The van der Waals surface area contributed by atoms with E-state index in [1.54, 1.807) is 18.2 Å². The highest BCUT2D eigenvalue weighted by Crippen LogP contribution is 2.29. The molecule has 1 N–H and O–H groups in total. The van der Waals surface area contributed by atoms with E-state index in [1.165, 1.54) is 0 Å². The summed E-state index contributed by atoms with van der Waals surface area (Å²) < 4.78 is 10.3. The SMILES string of the molecule is CC(C)Oc1ccc(-c2n[nH]c(=O)o2)cc1Cl. The fourth-order valence-corrected chi connectivity index (χ4v) is 1.56. The number of hydrogen-bond donors (Lipinski definition) is 1. The Bertz CT molecular complexity index is 574.